The maximum absolute atomic E-state index is 10.8. The monoisotopic (exact) mass is 346 g/mol. The fourth-order valence-electron chi connectivity index (χ4n) is 3.03. The first-order valence-corrected chi connectivity index (χ1v) is 9.15. The summed E-state index contributed by atoms with van der Waals surface area (Å²) < 4.78 is 1.38. The van der Waals surface area contributed by atoms with E-state index in [4.69, 9.17) is 5.11 Å². The molecule has 1 aliphatic rings. The Hall–Kier alpha value is -1.99. The van der Waals surface area contributed by atoms with E-state index in [1.54, 1.807) is 17.5 Å². The molecule has 0 radical (unpaired) electrons. The topological polar surface area (TPSA) is 71.2 Å². The van der Waals surface area contributed by atoms with E-state index in [0.717, 1.165) is 18.7 Å². The smallest absolute Gasteiger partial charge is 0.325 e. The SMILES string of the molecule is O=C(O)Cn1cc(CN2CCCCCC2C=Cc2cccs2)nn1. The fourth-order valence-corrected chi connectivity index (χ4v) is 3.66. The molecule has 1 atom stereocenters. The molecule has 1 aliphatic heterocycles. The minimum atomic E-state index is -0.905. The van der Waals surface area contributed by atoms with Crippen molar-refractivity contribution in [1.29, 1.82) is 0 Å². The summed E-state index contributed by atoms with van der Waals surface area (Å²) in [6.07, 6.45) is 11.1. The lowest BCUT2D eigenvalue weighted by Gasteiger charge is -2.26. The van der Waals surface area contributed by atoms with Gasteiger partial charge < -0.3 is 5.11 Å². The van der Waals surface area contributed by atoms with Gasteiger partial charge in [0.2, 0.25) is 0 Å². The molecule has 3 heterocycles. The normalized spacial score (nSPS) is 19.6. The maximum Gasteiger partial charge on any atom is 0.325 e. The summed E-state index contributed by atoms with van der Waals surface area (Å²) in [5.41, 5.74) is 0.827. The van der Waals surface area contributed by atoms with Gasteiger partial charge in [0, 0.05) is 17.5 Å². The molecular formula is C17H22N4O2S. The summed E-state index contributed by atoms with van der Waals surface area (Å²) in [6.45, 7) is 1.60. The van der Waals surface area contributed by atoms with Crippen LogP contribution in [0.25, 0.3) is 6.08 Å². The van der Waals surface area contributed by atoms with Crippen LogP contribution in [0.3, 0.4) is 0 Å². The Labute approximate surface area is 145 Å². The lowest BCUT2D eigenvalue weighted by atomic mass is 10.1. The van der Waals surface area contributed by atoms with Gasteiger partial charge in [0.25, 0.3) is 0 Å². The Morgan fingerprint density at radius 3 is 3.12 bits per heavy atom. The van der Waals surface area contributed by atoms with Crippen LogP contribution in [0.4, 0.5) is 0 Å². The zero-order valence-electron chi connectivity index (χ0n) is 13.5. The van der Waals surface area contributed by atoms with Crippen LogP contribution in [0.1, 0.15) is 36.3 Å². The molecule has 1 fully saturated rings. The molecule has 0 aliphatic carbocycles. The first-order valence-electron chi connectivity index (χ1n) is 8.27. The summed E-state index contributed by atoms with van der Waals surface area (Å²) in [7, 11) is 0. The van der Waals surface area contributed by atoms with Gasteiger partial charge in [-0.1, -0.05) is 30.2 Å². The molecule has 0 amide bonds. The van der Waals surface area contributed by atoms with Gasteiger partial charge in [-0.2, -0.15) is 0 Å². The Morgan fingerprint density at radius 1 is 1.42 bits per heavy atom. The van der Waals surface area contributed by atoms with Crippen molar-refractivity contribution in [3.8, 4) is 0 Å². The van der Waals surface area contributed by atoms with E-state index in [1.165, 1.54) is 28.8 Å². The summed E-state index contributed by atoms with van der Waals surface area (Å²) >= 11 is 1.74. The van der Waals surface area contributed by atoms with E-state index >= 15 is 0 Å². The van der Waals surface area contributed by atoms with E-state index in [1.807, 2.05) is 0 Å². The predicted molar refractivity (Wildman–Crippen MR) is 93.7 cm³/mol. The molecule has 3 rings (SSSR count). The lowest BCUT2D eigenvalue weighted by molar-refractivity contribution is -0.137. The molecule has 7 heteroatoms. The van der Waals surface area contributed by atoms with Gasteiger partial charge in [-0.3, -0.25) is 9.69 Å². The first kappa shape index (κ1) is 16.9. The van der Waals surface area contributed by atoms with Crippen LogP contribution in [0, 0.1) is 0 Å². The maximum atomic E-state index is 10.8. The fraction of sp³-hybridized carbons (Fsp3) is 0.471. The highest BCUT2D eigenvalue weighted by molar-refractivity contribution is 7.10. The number of thiophene rings is 1. The minimum absolute atomic E-state index is 0.144. The summed E-state index contributed by atoms with van der Waals surface area (Å²) in [6, 6.07) is 4.58. The largest absolute Gasteiger partial charge is 0.480 e. The number of hydrogen-bond donors (Lipinski definition) is 1. The third-order valence-electron chi connectivity index (χ3n) is 4.19. The molecule has 0 saturated carbocycles. The Kier molecular flexibility index (Phi) is 5.77. The van der Waals surface area contributed by atoms with Gasteiger partial charge >= 0.3 is 5.97 Å². The molecule has 1 unspecified atom stereocenters. The highest BCUT2D eigenvalue weighted by atomic mass is 32.1. The predicted octanol–water partition coefficient (Wildman–Crippen LogP) is 2.88. The van der Waals surface area contributed by atoms with E-state index in [-0.39, 0.29) is 6.54 Å². The van der Waals surface area contributed by atoms with E-state index in [9.17, 15) is 4.79 Å². The van der Waals surface area contributed by atoms with Crippen molar-refractivity contribution in [3.05, 3.63) is 40.4 Å². The van der Waals surface area contributed by atoms with Crippen molar-refractivity contribution < 1.29 is 9.90 Å². The van der Waals surface area contributed by atoms with Gasteiger partial charge in [-0.25, -0.2) is 4.68 Å². The van der Waals surface area contributed by atoms with Crippen molar-refractivity contribution >= 4 is 23.4 Å². The minimum Gasteiger partial charge on any atom is -0.480 e. The summed E-state index contributed by atoms with van der Waals surface area (Å²) in [5, 5.41) is 18.9. The Morgan fingerprint density at radius 2 is 2.33 bits per heavy atom. The number of hydrogen-bond acceptors (Lipinski definition) is 5. The number of carbonyl (C=O) groups is 1. The van der Waals surface area contributed by atoms with E-state index < -0.39 is 5.97 Å². The number of aromatic nitrogens is 3. The van der Waals surface area contributed by atoms with Crippen molar-refractivity contribution in [2.45, 2.75) is 44.8 Å². The zero-order valence-corrected chi connectivity index (χ0v) is 14.4. The summed E-state index contributed by atoms with van der Waals surface area (Å²) in [5.74, 6) is -0.905. The van der Waals surface area contributed by atoms with Gasteiger partial charge in [0.1, 0.15) is 6.54 Å². The Bertz CT molecular complexity index is 681. The van der Waals surface area contributed by atoms with Crippen LogP contribution in [-0.2, 0) is 17.9 Å². The van der Waals surface area contributed by atoms with E-state index in [0.29, 0.717) is 12.6 Å². The number of aliphatic carboxylic acids is 1. The molecule has 0 bridgehead atoms. The van der Waals surface area contributed by atoms with Gasteiger partial charge in [-0.15, -0.1) is 16.4 Å². The summed E-state index contributed by atoms with van der Waals surface area (Å²) in [4.78, 5) is 14.4. The molecule has 0 aromatic carbocycles. The molecule has 2 aromatic heterocycles. The number of carboxylic acid groups (broad SMARTS) is 1. The van der Waals surface area contributed by atoms with Gasteiger partial charge in [-0.05, 0) is 36.9 Å². The van der Waals surface area contributed by atoms with Crippen LogP contribution in [0.5, 0.6) is 0 Å². The number of likely N-dealkylation sites (tertiary alicyclic amines) is 1. The average molecular weight is 346 g/mol. The molecular weight excluding hydrogens is 324 g/mol. The third-order valence-corrected chi connectivity index (χ3v) is 5.03. The second kappa shape index (κ2) is 8.21. The number of carboxylic acids is 1. The van der Waals surface area contributed by atoms with Crippen LogP contribution >= 0.6 is 11.3 Å². The second-order valence-electron chi connectivity index (χ2n) is 6.06. The molecule has 1 N–H and O–H groups in total. The number of nitrogens with zero attached hydrogens (tertiary/aromatic N) is 4. The number of rotatable bonds is 6. The standard InChI is InChI=1S/C17H22N4O2S/c22-17(23)13-21-12-14(18-19-21)11-20-9-3-1-2-5-15(20)7-8-16-6-4-10-24-16/h4,6-8,10,12,15H,1-3,5,9,11,13H2,(H,22,23). The van der Waals surface area contributed by atoms with Crippen LogP contribution < -0.4 is 0 Å². The molecule has 6 nitrogen and oxygen atoms in total. The van der Waals surface area contributed by atoms with Crippen molar-refractivity contribution in [1.82, 2.24) is 19.9 Å². The molecule has 2 aromatic rings. The van der Waals surface area contributed by atoms with Crippen molar-refractivity contribution in [2.24, 2.45) is 0 Å². The quantitative estimate of drug-likeness (QED) is 0.871. The molecule has 1 saturated heterocycles. The van der Waals surface area contributed by atoms with Gasteiger partial charge in [0.05, 0.1) is 11.9 Å². The van der Waals surface area contributed by atoms with Crippen molar-refractivity contribution in [2.75, 3.05) is 6.54 Å². The molecule has 0 spiro atoms. The highest BCUT2D eigenvalue weighted by Crippen LogP contribution is 2.21. The Balaban J connectivity index is 1.67. The molecule has 24 heavy (non-hydrogen) atoms. The van der Waals surface area contributed by atoms with Crippen LogP contribution in [-0.4, -0.2) is 43.6 Å². The van der Waals surface area contributed by atoms with Gasteiger partial charge in [0.15, 0.2) is 0 Å². The second-order valence-corrected chi connectivity index (χ2v) is 7.04. The lowest BCUT2D eigenvalue weighted by Crippen LogP contribution is -2.33. The third kappa shape index (κ3) is 4.75. The van der Waals surface area contributed by atoms with Crippen LogP contribution in [0.2, 0.25) is 0 Å². The molecule has 128 valence electrons. The first-order chi connectivity index (χ1) is 11.7. The van der Waals surface area contributed by atoms with Crippen molar-refractivity contribution in [3.63, 3.8) is 0 Å². The van der Waals surface area contributed by atoms with Crippen LogP contribution in [0.15, 0.2) is 29.8 Å². The average Bonchev–Trinajstić information content (AvgIpc) is 3.15. The zero-order chi connectivity index (χ0) is 16.8. The van der Waals surface area contributed by atoms with E-state index in [2.05, 4.69) is 44.9 Å². The highest BCUT2D eigenvalue weighted by Gasteiger charge is 2.20.